The summed E-state index contributed by atoms with van der Waals surface area (Å²) in [6.07, 6.45) is 4.18. The molecule has 0 bridgehead atoms. The quantitative estimate of drug-likeness (QED) is 0.349. The van der Waals surface area contributed by atoms with Crippen LogP contribution in [0.3, 0.4) is 0 Å². The summed E-state index contributed by atoms with van der Waals surface area (Å²) in [6, 6.07) is 17.1. The molecule has 0 radical (unpaired) electrons. The van der Waals surface area contributed by atoms with Gasteiger partial charge in [0, 0.05) is 24.7 Å². The molecule has 0 saturated carbocycles. The SMILES string of the molecule is CCCCN(CC(=O)N1c2ccccc2-n2cccc2C1c1cc(OC)ccc1OC)C(=O)CC(C)(C)C. The van der Waals surface area contributed by atoms with Gasteiger partial charge in [0.1, 0.15) is 24.1 Å². The molecule has 7 nitrogen and oxygen atoms in total. The highest BCUT2D eigenvalue weighted by Gasteiger charge is 2.38. The number of unbranched alkanes of at least 4 members (excludes halogenated alkanes) is 1. The van der Waals surface area contributed by atoms with Gasteiger partial charge in [-0.25, -0.2) is 0 Å². The largest absolute Gasteiger partial charge is 0.497 e. The molecule has 2 aromatic carbocycles. The summed E-state index contributed by atoms with van der Waals surface area (Å²) in [6.45, 7) is 8.79. The number of nitrogens with zero attached hydrogens (tertiary/aromatic N) is 3. The van der Waals surface area contributed by atoms with E-state index in [9.17, 15) is 9.59 Å². The molecule has 0 fully saturated rings. The predicted molar refractivity (Wildman–Crippen MR) is 150 cm³/mol. The Hall–Kier alpha value is -3.74. The standard InChI is InChI=1S/C31H39N3O4/c1-7-8-17-32(28(35)20-31(2,3)4)21-29(36)34-25-13-10-9-12-24(25)33-18-11-14-26(33)30(34)23-19-22(37-5)15-16-27(23)38-6/h9-16,18-19,30H,7-8,17,20-21H2,1-6H3. The van der Waals surface area contributed by atoms with Crippen molar-refractivity contribution in [2.24, 2.45) is 5.41 Å². The van der Waals surface area contributed by atoms with Crippen molar-refractivity contribution in [3.05, 3.63) is 72.1 Å². The summed E-state index contributed by atoms with van der Waals surface area (Å²) < 4.78 is 13.4. The monoisotopic (exact) mass is 517 g/mol. The van der Waals surface area contributed by atoms with E-state index in [1.807, 2.05) is 86.5 Å². The lowest BCUT2D eigenvalue weighted by molar-refractivity contribution is -0.137. The Bertz CT molecular complexity index is 1290. The second-order valence-electron chi connectivity index (χ2n) is 11.0. The fraction of sp³-hybridized carbons (Fsp3) is 0.419. The third-order valence-corrected chi connectivity index (χ3v) is 6.86. The molecule has 3 aromatic rings. The highest BCUT2D eigenvalue weighted by molar-refractivity contribution is 6.00. The highest BCUT2D eigenvalue weighted by Crippen LogP contribution is 2.45. The van der Waals surface area contributed by atoms with E-state index in [0.29, 0.717) is 24.5 Å². The minimum atomic E-state index is -0.469. The first-order chi connectivity index (χ1) is 18.2. The number of aromatic nitrogens is 1. The lowest BCUT2D eigenvalue weighted by atomic mass is 9.91. The van der Waals surface area contributed by atoms with Gasteiger partial charge in [0.15, 0.2) is 0 Å². The van der Waals surface area contributed by atoms with Crippen molar-refractivity contribution in [2.45, 2.75) is 53.0 Å². The molecule has 0 N–H and O–H groups in total. The Labute approximate surface area is 226 Å². The fourth-order valence-electron chi connectivity index (χ4n) is 5.05. The van der Waals surface area contributed by atoms with E-state index in [1.54, 1.807) is 19.1 Å². The second-order valence-corrected chi connectivity index (χ2v) is 11.0. The minimum Gasteiger partial charge on any atom is -0.497 e. The zero-order valence-corrected chi connectivity index (χ0v) is 23.4. The molecular weight excluding hydrogens is 478 g/mol. The molecule has 38 heavy (non-hydrogen) atoms. The number of carbonyl (C=O) groups is 2. The number of benzene rings is 2. The summed E-state index contributed by atoms with van der Waals surface area (Å²) in [5.74, 6) is 1.20. The summed E-state index contributed by atoms with van der Waals surface area (Å²) in [4.78, 5) is 31.2. The number of ether oxygens (including phenoxy) is 2. The van der Waals surface area contributed by atoms with Gasteiger partial charge in [-0.1, -0.05) is 46.2 Å². The summed E-state index contributed by atoms with van der Waals surface area (Å²) in [5, 5.41) is 0. The number of para-hydroxylation sites is 2. The molecule has 7 heteroatoms. The van der Waals surface area contributed by atoms with E-state index in [0.717, 1.165) is 35.5 Å². The molecule has 1 aliphatic heterocycles. The van der Waals surface area contributed by atoms with Crippen molar-refractivity contribution in [1.29, 1.82) is 0 Å². The smallest absolute Gasteiger partial charge is 0.247 e. The van der Waals surface area contributed by atoms with Crippen LogP contribution in [-0.2, 0) is 9.59 Å². The van der Waals surface area contributed by atoms with Crippen molar-refractivity contribution in [3.8, 4) is 17.2 Å². The van der Waals surface area contributed by atoms with E-state index in [2.05, 4.69) is 11.5 Å². The first-order valence-electron chi connectivity index (χ1n) is 13.3. The van der Waals surface area contributed by atoms with Crippen molar-refractivity contribution in [1.82, 2.24) is 9.47 Å². The van der Waals surface area contributed by atoms with Crippen LogP contribution in [0.1, 0.15) is 64.3 Å². The van der Waals surface area contributed by atoms with Crippen LogP contribution in [0.2, 0.25) is 0 Å². The van der Waals surface area contributed by atoms with Gasteiger partial charge in [-0.05, 0) is 54.3 Å². The molecule has 2 amide bonds. The summed E-state index contributed by atoms with van der Waals surface area (Å²) >= 11 is 0. The van der Waals surface area contributed by atoms with Crippen molar-refractivity contribution in [2.75, 3.05) is 32.2 Å². The minimum absolute atomic E-state index is 0.00322. The Morgan fingerprint density at radius 3 is 2.37 bits per heavy atom. The van der Waals surface area contributed by atoms with Crippen LogP contribution in [0, 0.1) is 5.41 Å². The predicted octanol–water partition coefficient (Wildman–Crippen LogP) is 6.00. The van der Waals surface area contributed by atoms with Crippen LogP contribution in [-0.4, -0.2) is 48.6 Å². The number of fused-ring (bicyclic) bond motifs is 3. The van der Waals surface area contributed by atoms with Gasteiger partial charge in [-0.2, -0.15) is 0 Å². The Morgan fingerprint density at radius 1 is 0.974 bits per heavy atom. The first kappa shape index (κ1) is 27.3. The molecular formula is C31H39N3O4. The Morgan fingerprint density at radius 2 is 1.71 bits per heavy atom. The summed E-state index contributed by atoms with van der Waals surface area (Å²) in [5.41, 5.74) is 3.29. The lowest BCUT2D eigenvalue weighted by Gasteiger charge is -2.40. The third-order valence-electron chi connectivity index (χ3n) is 6.86. The van der Waals surface area contributed by atoms with Crippen molar-refractivity contribution >= 4 is 17.5 Å². The van der Waals surface area contributed by atoms with Crippen LogP contribution < -0.4 is 14.4 Å². The zero-order chi connectivity index (χ0) is 27.4. The van der Waals surface area contributed by atoms with E-state index < -0.39 is 6.04 Å². The molecule has 0 aliphatic carbocycles. The van der Waals surface area contributed by atoms with Gasteiger partial charge in [0.2, 0.25) is 11.8 Å². The van der Waals surface area contributed by atoms with Crippen molar-refractivity contribution in [3.63, 3.8) is 0 Å². The Balaban J connectivity index is 1.82. The van der Waals surface area contributed by atoms with Crippen LogP contribution in [0.15, 0.2) is 60.8 Å². The number of rotatable bonds is 9. The average Bonchev–Trinajstić information content (AvgIpc) is 3.38. The maximum atomic E-state index is 14.3. The van der Waals surface area contributed by atoms with Gasteiger partial charge in [0.25, 0.3) is 0 Å². The number of anilines is 1. The maximum Gasteiger partial charge on any atom is 0.247 e. The number of hydrogen-bond acceptors (Lipinski definition) is 4. The number of methoxy groups -OCH3 is 2. The topological polar surface area (TPSA) is 64.0 Å². The molecule has 1 aliphatic rings. The van der Waals surface area contributed by atoms with Gasteiger partial charge < -0.3 is 18.9 Å². The number of hydrogen-bond donors (Lipinski definition) is 0. The third kappa shape index (κ3) is 5.57. The maximum absolute atomic E-state index is 14.3. The van der Waals surface area contributed by atoms with E-state index in [1.165, 1.54) is 0 Å². The molecule has 202 valence electrons. The number of amides is 2. The van der Waals surface area contributed by atoms with Crippen molar-refractivity contribution < 1.29 is 19.1 Å². The van der Waals surface area contributed by atoms with E-state index in [4.69, 9.17) is 9.47 Å². The molecule has 0 saturated heterocycles. The highest BCUT2D eigenvalue weighted by atomic mass is 16.5. The van der Waals surface area contributed by atoms with Gasteiger partial charge in [-0.3, -0.25) is 14.5 Å². The second kappa shape index (κ2) is 11.3. The lowest BCUT2D eigenvalue weighted by Crippen LogP contribution is -2.47. The fourth-order valence-corrected chi connectivity index (χ4v) is 5.05. The van der Waals surface area contributed by atoms with Crippen LogP contribution in [0.5, 0.6) is 11.5 Å². The van der Waals surface area contributed by atoms with Gasteiger partial charge >= 0.3 is 0 Å². The first-order valence-corrected chi connectivity index (χ1v) is 13.3. The molecule has 1 atom stereocenters. The van der Waals surface area contributed by atoms with Gasteiger partial charge in [-0.15, -0.1) is 0 Å². The van der Waals surface area contributed by atoms with E-state index in [-0.39, 0.29) is 23.8 Å². The zero-order valence-electron chi connectivity index (χ0n) is 23.4. The average molecular weight is 518 g/mol. The van der Waals surface area contributed by atoms with Crippen LogP contribution >= 0.6 is 0 Å². The summed E-state index contributed by atoms with van der Waals surface area (Å²) in [7, 11) is 3.25. The number of carbonyl (C=O) groups excluding carboxylic acids is 2. The van der Waals surface area contributed by atoms with Crippen LogP contribution in [0.25, 0.3) is 5.69 Å². The molecule has 4 rings (SSSR count). The van der Waals surface area contributed by atoms with Crippen LogP contribution in [0.4, 0.5) is 5.69 Å². The molecule has 1 unspecified atom stereocenters. The normalized spacial score (nSPS) is 14.5. The van der Waals surface area contributed by atoms with Gasteiger partial charge in [0.05, 0.1) is 31.3 Å². The molecule has 0 spiro atoms. The molecule has 2 heterocycles. The Kier molecular flexibility index (Phi) is 8.14. The molecule has 1 aromatic heterocycles. The van der Waals surface area contributed by atoms with E-state index >= 15 is 0 Å².